The molecule has 0 unspecified atom stereocenters. The number of nitrogens with zero attached hydrogens (tertiary/aromatic N) is 1. The molecule has 32 heavy (non-hydrogen) atoms. The number of carbonyl (C=O) groups excluding carboxylic acids is 1. The van der Waals surface area contributed by atoms with Crippen LogP contribution in [0.4, 0.5) is 5.82 Å². The minimum atomic E-state index is -0.389. The number of rotatable bonds is 5. The lowest BCUT2D eigenvalue weighted by Crippen LogP contribution is -2.21. The van der Waals surface area contributed by atoms with Crippen LogP contribution < -0.4 is 20.2 Å². The SMILES string of the molecule is COc1ccc(C(=O)Nc2c(-c3cccc(Cl)c3)c(=O)c3ccccc3n2C)cc1OC. The van der Waals surface area contributed by atoms with Gasteiger partial charge in [-0.15, -0.1) is 0 Å². The molecule has 0 spiro atoms. The van der Waals surface area contributed by atoms with Gasteiger partial charge in [-0.25, -0.2) is 0 Å². The van der Waals surface area contributed by atoms with Gasteiger partial charge >= 0.3 is 0 Å². The van der Waals surface area contributed by atoms with Crippen molar-refractivity contribution in [2.75, 3.05) is 19.5 Å². The summed E-state index contributed by atoms with van der Waals surface area (Å²) in [5, 5.41) is 3.96. The Morgan fingerprint density at radius 3 is 2.41 bits per heavy atom. The summed E-state index contributed by atoms with van der Waals surface area (Å²) >= 11 is 6.20. The molecule has 0 aliphatic rings. The molecule has 7 heteroatoms. The molecule has 0 fully saturated rings. The quantitative estimate of drug-likeness (QED) is 0.459. The molecule has 4 rings (SSSR count). The number of halogens is 1. The largest absolute Gasteiger partial charge is 0.493 e. The minimum absolute atomic E-state index is 0.191. The molecule has 0 atom stereocenters. The molecule has 1 aromatic heterocycles. The average molecular weight is 449 g/mol. The Morgan fingerprint density at radius 1 is 0.938 bits per heavy atom. The number of anilines is 1. The van der Waals surface area contributed by atoms with Gasteiger partial charge in [0.2, 0.25) is 0 Å². The lowest BCUT2D eigenvalue weighted by molar-refractivity contribution is 0.102. The monoisotopic (exact) mass is 448 g/mol. The summed E-state index contributed by atoms with van der Waals surface area (Å²) in [6.07, 6.45) is 0. The lowest BCUT2D eigenvalue weighted by Gasteiger charge is -2.18. The highest BCUT2D eigenvalue weighted by molar-refractivity contribution is 6.30. The third-order valence-corrected chi connectivity index (χ3v) is 5.54. The van der Waals surface area contributed by atoms with E-state index in [4.69, 9.17) is 21.1 Å². The maximum atomic E-state index is 13.5. The van der Waals surface area contributed by atoms with Crippen molar-refractivity contribution in [2.45, 2.75) is 0 Å². The molecule has 3 aromatic carbocycles. The number of pyridine rings is 1. The Labute approximate surface area is 190 Å². The molecule has 162 valence electrons. The maximum Gasteiger partial charge on any atom is 0.256 e. The summed E-state index contributed by atoms with van der Waals surface area (Å²) in [6, 6.07) is 19.2. The first-order valence-electron chi connectivity index (χ1n) is 9.85. The van der Waals surface area contributed by atoms with E-state index < -0.39 is 0 Å². The van der Waals surface area contributed by atoms with Crippen molar-refractivity contribution in [3.05, 3.63) is 87.5 Å². The number of para-hydroxylation sites is 1. The number of fused-ring (bicyclic) bond motifs is 1. The van der Waals surface area contributed by atoms with Crippen LogP contribution in [0.3, 0.4) is 0 Å². The fraction of sp³-hybridized carbons (Fsp3) is 0.120. The summed E-state index contributed by atoms with van der Waals surface area (Å²) in [4.78, 5) is 26.7. The number of aromatic nitrogens is 1. The number of amides is 1. The number of methoxy groups -OCH3 is 2. The van der Waals surface area contributed by atoms with Crippen LogP contribution in [0.15, 0.2) is 71.5 Å². The number of benzene rings is 3. The molecule has 0 saturated carbocycles. The van der Waals surface area contributed by atoms with E-state index in [0.717, 1.165) is 0 Å². The molecular weight excluding hydrogens is 428 g/mol. The van der Waals surface area contributed by atoms with Crippen molar-refractivity contribution < 1.29 is 14.3 Å². The van der Waals surface area contributed by atoms with Gasteiger partial charge in [0.25, 0.3) is 5.91 Å². The van der Waals surface area contributed by atoms with E-state index in [1.807, 2.05) is 18.2 Å². The van der Waals surface area contributed by atoms with Crippen LogP contribution in [0.5, 0.6) is 11.5 Å². The van der Waals surface area contributed by atoms with Gasteiger partial charge in [0.15, 0.2) is 16.9 Å². The highest BCUT2D eigenvalue weighted by Crippen LogP contribution is 2.31. The number of hydrogen-bond donors (Lipinski definition) is 1. The lowest BCUT2D eigenvalue weighted by atomic mass is 10.0. The molecule has 1 heterocycles. The fourth-order valence-electron chi connectivity index (χ4n) is 3.70. The minimum Gasteiger partial charge on any atom is -0.493 e. The summed E-state index contributed by atoms with van der Waals surface area (Å²) in [5.41, 5.74) is 1.85. The summed E-state index contributed by atoms with van der Waals surface area (Å²) in [5.74, 6) is 0.930. The zero-order valence-electron chi connectivity index (χ0n) is 17.8. The molecule has 0 radical (unpaired) electrons. The highest BCUT2D eigenvalue weighted by atomic mass is 35.5. The van der Waals surface area contributed by atoms with E-state index in [0.29, 0.717) is 49.9 Å². The Balaban J connectivity index is 1.90. The third-order valence-electron chi connectivity index (χ3n) is 5.30. The summed E-state index contributed by atoms with van der Waals surface area (Å²) in [7, 11) is 4.84. The van der Waals surface area contributed by atoms with E-state index in [-0.39, 0.29) is 11.3 Å². The van der Waals surface area contributed by atoms with Crippen LogP contribution in [-0.2, 0) is 7.05 Å². The summed E-state index contributed by atoms with van der Waals surface area (Å²) < 4.78 is 12.4. The summed E-state index contributed by atoms with van der Waals surface area (Å²) in [6.45, 7) is 0. The average Bonchev–Trinajstić information content (AvgIpc) is 2.82. The van der Waals surface area contributed by atoms with Crippen LogP contribution in [0.1, 0.15) is 10.4 Å². The third kappa shape index (κ3) is 3.81. The van der Waals surface area contributed by atoms with Crippen molar-refractivity contribution >= 4 is 34.2 Å². The molecule has 1 N–H and O–H groups in total. The first-order valence-corrected chi connectivity index (χ1v) is 10.2. The van der Waals surface area contributed by atoms with E-state index in [1.165, 1.54) is 14.2 Å². The molecular formula is C25H21ClN2O4. The second-order valence-electron chi connectivity index (χ2n) is 7.16. The molecule has 1 amide bonds. The highest BCUT2D eigenvalue weighted by Gasteiger charge is 2.20. The van der Waals surface area contributed by atoms with E-state index in [1.54, 1.807) is 60.1 Å². The number of nitrogens with one attached hydrogen (secondary N) is 1. The topological polar surface area (TPSA) is 69.6 Å². The van der Waals surface area contributed by atoms with Gasteiger partial charge in [-0.3, -0.25) is 9.59 Å². The van der Waals surface area contributed by atoms with Gasteiger partial charge in [0.1, 0.15) is 5.82 Å². The predicted octanol–water partition coefficient (Wildman–Crippen LogP) is 5.13. The van der Waals surface area contributed by atoms with Gasteiger partial charge in [-0.2, -0.15) is 0 Å². The van der Waals surface area contributed by atoms with Crippen molar-refractivity contribution in [3.63, 3.8) is 0 Å². The first-order chi connectivity index (χ1) is 15.4. The molecule has 0 aliphatic heterocycles. The first kappa shape index (κ1) is 21.5. The van der Waals surface area contributed by atoms with Crippen LogP contribution in [0.25, 0.3) is 22.0 Å². The standard InChI is InChI=1S/C25H21ClN2O4/c1-28-19-10-5-4-9-18(19)23(29)22(15-7-6-8-17(26)13-15)24(28)27-25(30)16-11-12-20(31-2)21(14-16)32-3/h4-14H,1-3H3,(H,27,30). The second-order valence-corrected chi connectivity index (χ2v) is 7.60. The Kier molecular flexibility index (Phi) is 5.88. The van der Waals surface area contributed by atoms with Crippen molar-refractivity contribution in [3.8, 4) is 22.6 Å². The van der Waals surface area contributed by atoms with Gasteiger partial charge in [-0.05, 0) is 48.0 Å². The van der Waals surface area contributed by atoms with Crippen molar-refractivity contribution in [1.82, 2.24) is 4.57 Å². The van der Waals surface area contributed by atoms with Crippen LogP contribution >= 0.6 is 11.6 Å². The Morgan fingerprint density at radius 2 is 1.69 bits per heavy atom. The van der Waals surface area contributed by atoms with Gasteiger partial charge in [0, 0.05) is 23.0 Å². The number of carbonyl (C=O) groups is 1. The normalized spacial score (nSPS) is 10.8. The molecule has 6 nitrogen and oxygen atoms in total. The number of hydrogen-bond acceptors (Lipinski definition) is 4. The fourth-order valence-corrected chi connectivity index (χ4v) is 3.89. The molecule has 0 saturated heterocycles. The predicted molar refractivity (Wildman–Crippen MR) is 127 cm³/mol. The van der Waals surface area contributed by atoms with Crippen LogP contribution in [0, 0.1) is 0 Å². The second kappa shape index (κ2) is 8.77. The molecule has 0 bridgehead atoms. The smallest absolute Gasteiger partial charge is 0.256 e. The van der Waals surface area contributed by atoms with E-state index in [2.05, 4.69) is 5.32 Å². The van der Waals surface area contributed by atoms with Gasteiger partial charge in [0.05, 0.1) is 25.3 Å². The maximum absolute atomic E-state index is 13.5. The van der Waals surface area contributed by atoms with E-state index >= 15 is 0 Å². The van der Waals surface area contributed by atoms with Gasteiger partial charge < -0.3 is 19.4 Å². The van der Waals surface area contributed by atoms with Crippen molar-refractivity contribution in [1.29, 1.82) is 0 Å². The number of aryl methyl sites for hydroxylation is 1. The molecule has 4 aromatic rings. The van der Waals surface area contributed by atoms with Gasteiger partial charge in [-0.1, -0.05) is 35.9 Å². The van der Waals surface area contributed by atoms with E-state index in [9.17, 15) is 9.59 Å². The number of ether oxygens (including phenoxy) is 2. The van der Waals surface area contributed by atoms with Crippen molar-refractivity contribution in [2.24, 2.45) is 7.05 Å². The zero-order valence-corrected chi connectivity index (χ0v) is 18.6. The Hall–Kier alpha value is -3.77. The van der Waals surface area contributed by atoms with Crippen LogP contribution in [-0.4, -0.2) is 24.7 Å². The zero-order chi connectivity index (χ0) is 22.8. The van der Waals surface area contributed by atoms with Crippen LogP contribution in [0.2, 0.25) is 5.02 Å². The Bertz CT molecular complexity index is 1390. The molecule has 0 aliphatic carbocycles.